The third-order valence-corrected chi connectivity index (χ3v) is 5.50. The van der Waals surface area contributed by atoms with Gasteiger partial charge in [-0.25, -0.2) is 18.9 Å². The van der Waals surface area contributed by atoms with Crippen LogP contribution < -0.4 is 10.1 Å². The minimum absolute atomic E-state index is 0.0556. The number of aryl methyl sites for hydroxylation is 1. The lowest BCUT2D eigenvalue weighted by Crippen LogP contribution is -2.24. The minimum Gasteiger partial charge on any atom is -0.465 e. The minimum atomic E-state index is -4.74. The van der Waals surface area contributed by atoms with Crippen molar-refractivity contribution in [1.29, 1.82) is 0 Å². The summed E-state index contributed by atoms with van der Waals surface area (Å²) >= 11 is 0. The van der Waals surface area contributed by atoms with Crippen molar-refractivity contribution in [3.8, 4) is 22.8 Å². The van der Waals surface area contributed by atoms with Gasteiger partial charge in [-0.1, -0.05) is 36.4 Å². The average molecular weight is 514 g/mol. The Hall–Kier alpha value is -4.41. The molecule has 1 saturated carbocycles. The average Bonchev–Trinajstić information content (AvgIpc) is 3.40. The predicted octanol–water partition coefficient (Wildman–Crippen LogP) is 6.09. The Morgan fingerprint density at radius 2 is 1.78 bits per heavy atom. The number of hydrogen-bond donors (Lipinski definition) is 2. The second kappa shape index (κ2) is 10.7. The van der Waals surface area contributed by atoms with Crippen molar-refractivity contribution in [1.82, 2.24) is 20.1 Å². The summed E-state index contributed by atoms with van der Waals surface area (Å²) in [4.78, 5) is 14.9. The highest BCUT2D eigenvalue weighted by molar-refractivity contribution is 5.66. The summed E-state index contributed by atoms with van der Waals surface area (Å²) in [5, 5.41) is 15.6. The van der Waals surface area contributed by atoms with Gasteiger partial charge in [0, 0.05) is 17.5 Å². The van der Waals surface area contributed by atoms with Crippen molar-refractivity contribution < 1.29 is 32.2 Å². The normalized spacial score (nSPS) is 16.4. The van der Waals surface area contributed by atoms with E-state index in [0.717, 1.165) is 23.1 Å². The van der Waals surface area contributed by atoms with Gasteiger partial charge in [0.15, 0.2) is 5.82 Å². The van der Waals surface area contributed by atoms with Gasteiger partial charge < -0.3 is 15.2 Å². The first-order valence-corrected chi connectivity index (χ1v) is 11.2. The first-order valence-electron chi connectivity index (χ1n) is 11.2. The quantitative estimate of drug-likeness (QED) is 0.315. The van der Waals surface area contributed by atoms with E-state index in [2.05, 4.69) is 20.1 Å². The Labute approximate surface area is 209 Å². The molecule has 1 heterocycles. The highest BCUT2D eigenvalue weighted by Gasteiger charge is 2.39. The van der Waals surface area contributed by atoms with Crippen molar-refractivity contribution in [3.63, 3.8) is 0 Å². The number of carboxylic acid groups (broad SMARTS) is 1. The van der Waals surface area contributed by atoms with Crippen molar-refractivity contribution >= 4 is 6.09 Å². The maximum atomic E-state index is 12.2. The number of amides is 1. The van der Waals surface area contributed by atoms with Crippen LogP contribution in [-0.4, -0.2) is 38.4 Å². The molecule has 37 heavy (non-hydrogen) atoms. The molecule has 0 saturated heterocycles. The maximum absolute atomic E-state index is 12.2. The van der Waals surface area contributed by atoms with Crippen LogP contribution in [0.4, 0.5) is 22.4 Å². The molecule has 1 aromatic heterocycles. The van der Waals surface area contributed by atoms with Gasteiger partial charge in [0.05, 0.1) is 5.69 Å². The van der Waals surface area contributed by atoms with Crippen LogP contribution in [0.5, 0.6) is 5.75 Å². The molecule has 1 aliphatic rings. The third kappa shape index (κ3) is 7.29. The topological polar surface area (TPSA) is 89.3 Å². The molecule has 1 fully saturated rings. The summed E-state index contributed by atoms with van der Waals surface area (Å²) in [7, 11) is 0. The standard InChI is InChI=1S/C19H15F3N4O3.C7H7F/c20-19(21,22)29-14-7-5-13(6-8-14)26-10-23-17(25-26)12-3-1-11(2-4-12)15-9-16(15)24-18(27)28;1-6-3-2-4-7(8)5-6/h1-8,10,15-16,24H,9H2,(H,27,28);2-5H,1H3. The Kier molecular flexibility index (Phi) is 7.42. The van der Waals surface area contributed by atoms with Crippen LogP contribution >= 0.6 is 0 Å². The Balaban J connectivity index is 0.000000342. The monoisotopic (exact) mass is 514 g/mol. The smallest absolute Gasteiger partial charge is 0.465 e. The lowest BCUT2D eigenvalue weighted by Gasteiger charge is -2.09. The Bertz CT molecular complexity index is 1340. The summed E-state index contributed by atoms with van der Waals surface area (Å²) in [6.45, 7) is 1.86. The molecule has 4 aromatic rings. The summed E-state index contributed by atoms with van der Waals surface area (Å²) in [6, 6.07) is 19.3. The molecule has 2 unspecified atom stereocenters. The van der Waals surface area contributed by atoms with Gasteiger partial charge in [-0.05, 0) is 60.9 Å². The number of nitrogens with one attached hydrogen (secondary N) is 1. The molecular weight excluding hydrogens is 492 g/mol. The van der Waals surface area contributed by atoms with Crippen molar-refractivity contribution in [2.24, 2.45) is 0 Å². The van der Waals surface area contributed by atoms with Gasteiger partial charge in [-0.2, -0.15) is 0 Å². The van der Waals surface area contributed by atoms with Gasteiger partial charge in [-0.3, -0.25) is 0 Å². The van der Waals surface area contributed by atoms with E-state index in [1.165, 1.54) is 47.4 Å². The molecule has 0 aliphatic heterocycles. The van der Waals surface area contributed by atoms with Crippen LogP contribution in [-0.2, 0) is 0 Å². The molecule has 0 spiro atoms. The van der Waals surface area contributed by atoms with E-state index in [9.17, 15) is 22.4 Å². The first kappa shape index (κ1) is 25.7. The van der Waals surface area contributed by atoms with Gasteiger partial charge in [-0.15, -0.1) is 18.3 Å². The molecule has 1 amide bonds. The van der Waals surface area contributed by atoms with E-state index in [0.29, 0.717) is 11.5 Å². The lowest BCUT2D eigenvalue weighted by atomic mass is 10.1. The number of ether oxygens (including phenoxy) is 1. The highest BCUT2D eigenvalue weighted by atomic mass is 19.4. The second-order valence-corrected chi connectivity index (χ2v) is 8.37. The van der Waals surface area contributed by atoms with Gasteiger partial charge in [0.25, 0.3) is 0 Å². The summed E-state index contributed by atoms with van der Waals surface area (Å²) in [5.74, 6) is 0.157. The molecule has 11 heteroatoms. The van der Waals surface area contributed by atoms with Crippen molar-refractivity contribution in [2.45, 2.75) is 31.7 Å². The van der Waals surface area contributed by atoms with Crippen LogP contribution in [0.25, 0.3) is 17.1 Å². The predicted molar refractivity (Wildman–Crippen MR) is 127 cm³/mol. The van der Waals surface area contributed by atoms with Crippen molar-refractivity contribution in [3.05, 3.63) is 96.1 Å². The van der Waals surface area contributed by atoms with Crippen LogP contribution in [0.3, 0.4) is 0 Å². The van der Waals surface area contributed by atoms with E-state index < -0.39 is 12.5 Å². The van der Waals surface area contributed by atoms with E-state index >= 15 is 0 Å². The molecule has 2 atom stereocenters. The Morgan fingerprint density at radius 3 is 2.35 bits per heavy atom. The molecule has 0 bridgehead atoms. The molecule has 5 rings (SSSR count). The van der Waals surface area contributed by atoms with Crippen LogP contribution in [0, 0.1) is 12.7 Å². The molecule has 0 radical (unpaired) electrons. The molecule has 192 valence electrons. The lowest BCUT2D eigenvalue weighted by molar-refractivity contribution is -0.274. The van der Waals surface area contributed by atoms with E-state index in [1.807, 2.05) is 37.3 Å². The largest absolute Gasteiger partial charge is 0.573 e. The number of hydrogen-bond acceptors (Lipinski definition) is 4. The molecule has 7 nitrogen and oxygen atoms in total. The number of rotatable bonds is 5. The highest BCUT2D eigenvalue weighted by Crippen LogP contribution is 2.41. The third-order valence-electron chi connectivity index (χ3n) is 5.50. The zero-order valence-electron chi connectivity index (χ0n) is 19.5. The molecule has 2 N–H and O–H groups in total. The van der Waals surface area contributed by atoms with E-state index in [4.69, 9.17) is 5.11 Å². The zero-order valence-corrected chi connectivity index (χ0v) is 19.5. The fourth-order valence-corrected chi connectivity index (χ4v) is 3.69. The fraction of sp³-hybridized carbons (Fsp3) is 0.192. The number of nitrogens with zero attached hydrogens (tertiary/aromatic N) is 3. The zero-order chi connectivity index (χ0) is 26.6. The van der Waals surface area contributed by atoms with E-state index in [-0.39, 0.29) is 23.5 Å². The maximum Gasteiger partial charge on any atom is 0.573 e. The fourth-order valence-electron chi connectivity index (χ4n) is 3.69. The van der Waals surface area contributed by atoms with Crippen LogP contribution in [0.2, 0.25) is 0 Å². The number of alkyl halides is 3. The number of aromatic nitrogens is 3. The molecular formula is C26H22F4N4O3. The van der Waals surface area contributed by atoms with Gasteiger partial charge in [0.1, 0.15) is 17.9 Å². The van der Waals surface area contributed by atoms with E-state index in [1.54, 1.807) is 6.07 Å². The number of halogens is 4. The number of benzene rings is 3. The Morgan fingerprint density at radius 1 is 1.08 bits per heavy atom. The molecule has 1 aliphatic carbocycles. The van der Waals surface area contributed by atoms with Crippen molar-refractivity contribution in [2.75, 3.05) is 0 Å². The van der Waals surface area contributed by atoms with Gasteiger partial charge in [0.2, 0.25) is 0 Å². The summed E-state index contributed by atoms with van der Waals surface area (Å²) in [6.07, 6.45) is -3.52. The summed E-state index contributed by atoms with van der Waals surface area (Å²) < 4.78 is 54.2. The second-order valence-electron chi connectivity index (χ2n) is 8.37. The first-order chi connectivity index (χ1) is 17.6. The summed E-state index contributed by atoms with van der Waals surface area (Å²) in [5.41, 5.74) is 3.31. The number of carbonyl (C=O) groups is 1. The van der Waals surface area contributed by atoms with Crippen LogP contribution in [0.1, 0.15) is 23.5 Å². The molecule has 3 aromatic carbocycles. The van der Waals surface area contributed by atoms with Crippen LogP contribution in [0.15, 0.2) is 79.1 Å². The van der Waals surface area contributed by atoms with Gasteiger partial charge >= 0.3 is 12.5 Å². The SMILES string of the molecule is Cc1cccc(F)c1.O=C(O)NC1CC1c1ccc(-c2ncn(-c3ccc(OC(F)(F)F)cc3)n2)cc1.